The Bertz CT molecular complexity index is 349. The van der Waals surface area contributed by atoms with Crippen LogP contribution in [-0.4, -0.2) is 29.8 Å². The van der Waals surface area contributed by atoms with Crippen LogP contribution in [0.2, 0.25) is 0 Å². The molecular formula is C11H17NO3S. The molecule has 4 nitrogen and oxygen atoms in total. The monoisotopic (exact) mass is 243 g/mol. The summed E-state index contributed by atoms with van der Waals surface area (Å²) in [5.41, 5.74) is 0.729. The maximum absolute atomic E-state index is 11.0. The van der Waals surface area contributed by atoms with Gasteiger partial charge in [-0.15, -0.1) is 11.3 Å². The molecule has 0 aliphatic carbocycles. The van der Waals surface area contributed by atoms with Gasteiger partial charge in [-0.05, 0) is 12.8 Å². The molecule has 5 heteroatoms. The number of carboxylic acid groups (broad SMARTS) is 1. The van der Waals surface area contributed by atoms with Crippen LogP contribution in [0.3, 0.4) is 0 Å². The lowest BCUT2D eigenvalue weighted by molar-refractivity contribution is 0.0700. The lowest BCUT2D eigenvalue weighted by Gasteiger charge is -1.95. The Morgan fingerprint density at radius 2 is 2.25 bits per heavy atom. The molecule has 1 N–H and O–H groups in total. The van der Waals surface area contributed by atoms with Crippen LogP contribution >= 0.6 is 11.3 Å². The average Bonchev–Trinajstić information content (AvgIpc) is 2.62. The van der Waals surface area contributed by atoms with Crippen LogP contribution in [0.25, 0.3) is 0 Å². The molecular weight excluding hydrogens is 226 g/mol. The molecule has 1 aromatic rings. The summed E-state index contributed by atoms with van der Waals surface area (Å²) in [6.07, 6.45) is 3.33. The molecule has 0 spiro atoms. The summed E-state index contributed by atoms with van der Waals surface area (Å²) in [4.78, 5) is 15.8. The third-order valence-electron chi connectivity index (χ3n) is 2.16. The van der Waals surface area contributed by atoms with E-state index in [2.05, 4.69) is 4.98 Å². The van der Waals surface area contributed by atoms with Crippen LogP contribution < -0.4 is 0 Å². The molecule has 1 heterocycles. The Balaban J connectivity index is 2.72. The zero-order valence-corrected chi connectivity index (χ0v) is 10.5. The van der Waals surface area contributed by atoms with E-state index in [9.17, 15) is 4.79 Å². The molecule has 0 amide bonds. The maximum Gasteiger partial charge on any atom is 0.347 e. The molecule has 0 saturated heterocycles. The average molecular weight is 243 g/mol. The van der Waals surface area contributed by atoms with Crippen molar-refractivity contribution in [3.63, 3.8) is 0 Å². The Morgan fingerprint density at radius 3 is 2.81 bits per heavy atom. The van der Waals surface area contributed by atoms with E-state index in [0.29, 0.717) is 11.5 Å². The molecule has 0 aromatic carbocycles. The highest BCUT2D eigenvalue weighted by molar-refractivity contribution is 7.13. The number of thiazole rings is 1. The number of aromatic nitrogens is 1. The minimum Gasteiger partial charge on any atom is -0.477 e. The second-order valence-electron chi connectivity index (χ2n) is 3.53. The summed E-state index contributed by atoms with van der Waals surface area (Å²) in [6, 6.07) is 0. The zero-order valence-electron chi connectivity index (χ0n) is 9.65. The van der Waals surface area contributed by atoms with Gasteiger partial charge in [-0.2, -0.15) is 0 Å². The van der Waals surface area contributed by atoms with Crippen molar-refractivity contribution in [2.24, 2.45) is 0 Å². The Hall–Kier alpha value is -0.940. The molecule has 1 aromatic heterocycles. The molecule has 16 heavy (non-hydrogen) atoms. The van der Waals surface area contributed by atoms with Crippen molar-refractivity contribution in [1.82, 2.24) is 4.98 Å². The molecule has 0 radical (unpaired) electrons. The largest absolute Gasteiger partial charge is 0.477 e. The quantitative estimate of drug-likeness (QED) is 0.747. The predicted octanol–water partition coefficient (Wildman–Crippen LogP) is 2.37. The van der Waals surface area contributed by atoms with Crippen LogP contribution in [-0.2, 0) is 17.6 Å². The van der Waals surface area contributed by atoms with Crippen LogP contribution in [0.1, 0.15) is 40.1 Å². The summed E-state index contributed by atoms with van der Waals surface area (Å²) in [7, 11) is 1.66. The number of carboxylic acids is 1. The second-order valence-corrected chi connectivity index (χ2v) is 4.62. The fraction of sp³-hybridized carbons (Fsp3) is 0.636. The van der Waals surface area contributed by atoms with Gasteiger partial charge in [0.25, 0.3) is 0 Å². The fourth-order valence-electron chi connectivity index (χ4n) is 1.45. The van der Waals surface area contributed by atoms with E-state index < -0.39 is 5.97 Å². The van der Waals surface area contributed by atoms with Crippen LogP contribution in [0, 0.1) is 0 Å². The number of carbonyl (C=O) groups is 1. The summed E-state index contributed by atoms with van der Waals surface area (Å²) < 4.78 is 4.96. The van der Waals surface area contributed by atoms with Gasteiger partial charge >= 0.3 is 5.97 Å². The number of aromatic carboxylic acids is 1. The minimum absolute atomic E-state index is 0.397. The highest BCUT2D eigenvalue weighted by atomic mass is 32.1. The van der Waals surface area contributed by atoms with Gasteiger partial charge in [-0.1, -0.05) is 13.3 Å². The van der Waals surface area contributed by atoms with Crippen molar-refractivity contribution in [3.05, 3.63) is 15.6 Å². The van der Waals surface area contributed by atoms with Crippen LogP contribution in [0.15, 0.2) is 0 Å². The van der Waals surface area contributed by atoms with E-state index in [0.717, 1.165) is 36.4 Å². The van der Waals surface area contributed by atoms with E-state index in [4.69, 9.17) is 9.84 Å². The van der Waals surface area contributed by atoms with E-state index >= 15 is 0 Å². The number of hydrogen-bond donors (Lipinski definition) is 1. The maximum atomic E-state index is 11.0. The predicted molar refractivity (Wildman–Crippen MR) is 63.3 cm³/mol. The van der Waals surface area contributed by atoms with Gasteiger partial charge in [0.1, 0.15) is 4.88 Å². The lowest BCUT2D eigenvalue weighted by Crippen LogP contribution is -1.98. The van der Waals surface area contributed by atoms with Crippen molar-refractivity contribution in [3.8, 4) is 0 Å². The molecule has 0 saturated carbocycles. The number of rotatable bonds is 7. The van der Waals surface area contributed by atoms with Crippen molar-refractivity contribution >= 4 is 17.3 Å². The Labute approximate surface area is 99.3 Å². The van der Waals surface area contributed by atoms with Crippen molar-refractivity contribution in [1.29, 1.82) is 0 Å². The van der Waals surface area contributed by atoms with Gasteiger partial charge in [0.15, 0.2) is 0 Å². The summed E-state index contributed by atoms with van der Waals surface area (Å²) in [6.45, 7) is 2.71. The molecule has 0 unspecified atom stereocenters. The smallest absolute Gasteiger partial charge is 0.347 e. The minimum atomic E-state index is -0.862. The number of methoxy groups -OCH3 is 1. The van der Waals surface area contributed by atoms with Crippen molar-refractivity contribution in [2.45, 2.75) is 32.6 Å². The van der Waals surface area contributed by atoms with Crippen molar-refractivity contribution in [2.75, 3.05) is 13.7 Å². The first kappa shape index (κ1) is 13.1. The molecule has 0 atom stereocenters. The first-order chi connectivity index (χ1) is 7.69. The topological polar surface area (TPSA) is 59.4 Å². The van der Waals surface area contributed by atoms with Gasteiger partial charge in [-0.25, -0.2) is 9.78 Å². The Kier molecular flexibility index (Phi) is 5.42. The third kappa shape index (κ3) is 3.57. The Morgan fingerprint density at radius 1 is 1.50 bits per heavy atom. The van der Waals surface area contributed by atoms with E-state index in [-0.39, 0.29) is 0 Å². The molecule has 0 bridgehead atoms. The third-order valence-corrected chi connectivity index (χ3v) is 3.31. The van der Waals surface area contributed by atoms with Crippen LogP contribution in [0.4, 0.5) is 0 Å². The van der Waals surface area contributed by atoms with E-state index in [1.165, 1.54) is 11.3 Å². The molecule has 0 aliphatic heterocycles. The second kappa shape index (κ2) is 6.60. The number of hydrogen-bond acceptors (Lipinski definition) is 4. The standard InChI is InChI=1S/C11H17NO3S/c1-3-5-8-10(11(13)14)16-9(12-8)6-4-7-15-2/h3-7H2,1-2H3,(H,13,14). The van der Waals surface area contributed by atoms with E-state index in [1.807, 2.05) is 6.92 Å². The van der Waals surface area contributed by atoms with Gasteiger partial charge in [0.05, 0.1) is 10.7 Å². The highest BCUT2D eigenvalue weighted by Gasteiger charge is 2.16. The van der Waals surface area contributed by atoms with Gasteiger partial charge in [0, 0.05) is 20.1 Å². The number of ether oxygens (including phenoxy) is 1. The highest BCUT2D eigenvalue weighted by Crippen LogP contribution is 2.21. The summed E-state index contributed by atoms with van der Waals surface area (Å²) in [5.74, 6) is -0.862. The lowest BCUT2D eigenvalue weighted by atomic mass is 10.2. The molecule has 1 rings (SSSR count). The molecule has 0 aliphatic rings. The summed E-state index contributed by atoms with van der Waals surface area (Å²) in [5, 5.41) is 9.92. The van der Waals surface area contributed by atoms with Crippen LogP contribution in [0.5, 0.6) is 0 Å². The summed E-state index contributed by atoms with van der Waals surface area (Å²) >= 11 is 1.29. The first-order valence-corrected chi connectivity index (χ1v) is 6.21. The van der Waals surface area contributed by atoms with Gasteiger partial charge in [0.2, 0.25) is 0 Å². The van der Waals surface area contributed by atoms with Crippen molar-refractivity contribution < 1.29 is 14.6 Å². The molecule has 0 fully saturated rings. The number of nitrogens with zero attached hydrogens (tertiary/aromatic N) is 1. The van der Waals surface area contributed by atoms with E-state index in [1.54, 1.807) is 7.11 Å². The normalized spacial score (nSPS) is 10.6. The van der Waals surface area contributed by atoms with Gasteiger partial charge < -0.3 is 9.84 Å². The number of aryl methyl sites for hydroxylation is 2. The fourth-order valence-corrected chi connectivity index (χ4v) is 2.44. The zero-order chi connectivity index (χ0) is 12.0. The van der Waals surface area contributed by atoms with Gasteiger partial charge in [-0.3, -0.25) is 0 Å². The first-order valence-electron chi connectivity index (χ1n) is 5.39. The molecule has 90 valence electrons. The SMILES string of the molecule is CCCc1nc(CCCOC)sc1C(=O)O.